The first-order valence-corrected chi connectivity index (χ1v) is 12.4. The van der Waals surface area contributed by atoms with Crippen molar-refractivity contribution < 1.29 is 8.42 Å². The molecule has 0 spiro atoms. The summed E-state index contributed by atoms with van der Waals surface area (Å²) in [5, 5.41) is 9.16. The zero-order chi connectivity index (χ0) is 23.5. The third kappa shape index (κ3) is 5.00. The molecule has 0 radical (unpaired) electrons. The second-order valence-corrected chi connectivity index (χ2v) is 9.96. The van der Waals surface area contributed by atoms with Crippen LogP contribution in [0.25, 0.3) is 11.4 Å². The highest BCUT2D eigenvalue weighted by Gasteiger charge is 2.23. The van der Waals surface area contributed by atoms with Crippen molar-refractivity contribution in [2.24, 2.45) is 7.05 Å². The molecule has 0 saturated heterocycles. The van der Waals surface area contributed by atoms with Gasteiger partial charge < -0.3 is 15.2 Å². The van der Waals surface area contributed by atoms with Crippen LogP contribution in [-0.2, 0) is 22.8 Å². The van der Waals surface area contributed by atoms with E-state index < -0.39 is 10.0 Å². The summed E-state index contributed by atoms with van der Waals surface area (Å²) in [6, 6.07) is 6.75. The average molecular weight is 478 g/mol. The quantitative estimate of drug-likeness (QED) is 0.453. The van der Waals surface area contributed by atoms with Crippen molar-refractivity contribution in [1.29, 1.82) is 0 Å². The summed E-state index contributed by atoms with van der Waals surface area (Å²) in [5.41, 5.74) is 6.45. The van der Waals surface area contributed by atoms with Gasteiger partial charge in [-0.25, -0.2) is 8.42 Å². The summed E-state index contributed by atoms with van der Waals surface area (Å²) in [5.74, 6) is 2.16. The Morgan fingerprint density at radius 2 is 1.81 bits per heavy atom. The fraction of sp³-hybridized carbons (Fsp3) is 0.421. The number of rotatable bonds is 9. The lowest BCUT2D eigenvalue weighted by atomic mass is 10.2. The predicted molar refractivity (Wildman–Crippen MR) is 125 cm³/mol. The highest BCUT2D eigenvalue weighted by molar-refractivity contribution is 7.98. The zero-order valence-electron chi connectivity index (χ0n) is 18.7. The lowest BCUT2D eigenvalue weighted by molar-refractivity contribution is 0.445. The van der Waals surface area contributed by atoms with Gasteiger partial charge >= 0.3 is 0 Å². The van der Waals surface area contributed by atoms with E-state index in [4.69, 9.17) is 5.73 Å². The summed E-state index contributed by atoms with van der Waals surface area (Å²) in [6.07, 6.45) is 0. The van der Waals surface area contributed by atoms with Crippen LogP contribution in [0.4, 0.5) is 11.9 Å². The molecule has 172 valence electrons. The van der Waals surface area contributed by atoms with Gasteiger partial charge in [0.25, 0.3) is 0 Å². The first kappa shape index (κ1) is 23.9. The number of hydrogen-bond acceptors (Lipinski definition) is 10. The maximum absolute atomic E-state index is 12.9. The Kier molecular flexibility index (Phi) is 7.31. The number of benzene rings is 1. The van der Waals surface area contributed by atoms with Gasteiger partial charge in [0.2, 0.25) is 21.9 Å². The van der Waals surface area contributed by atoms with E-state index >= 15 is 0 Å². The van der Waals surface area contributed by atoms with Crippen molar-refractivity contribution in [2.75, 3.05) is 37.8 Å². The molecule has 2 aromatic heterocycles. The molecule has 1 aromatic carbocycles. The van der Waals surface area contributed by atoms with Crippen LogP contribution < -0.4 is 10.6 Å². The second-order valence-electron chi connectivity index (χ2n) is 7.08. The lowest BCUT2D eigenvalue weighted by Gasteiger charge is -2.18. The van der Waals surface area contributed by atoms with Gasteiger partial charge in [0.1, 0.15) is 5.82 Å². The molecule has 13 heteroatoms. The van der Waals surface area contributed by atoms with E-state index in [-0.39, 0.29) is 10.8 Å². The number of nitrogens with two attached hydrogens (primary N) is 1. The summed E-state index contributed by atoms with van der Waals surface area (Å²) in [4.78, 5) is 14.6. The minimum absolute atomic E-state index is 0.157. The topological polar surface area (TPSA) is 136 Å². The van der Waals surface area contributed by atoms with Crippen molar-refractivity contribution in [3.8, 4) is 11.4 Å². The van der Waals surface area contributed by atoms with Gasteiger partial charge in [-0.2, -0.15) is 19.3 Å². The standard InChI is InChI=1S/C19H27N9O2S2/c1-6-28(7-2)32(29,30)14-10-8-9-13(11-14)16-24-25-19(27(16)5)31-12-15-21-17(20)23-18(22-15)26(3)4/h8-11H,6-7,12H2,1-5H3,(H2,20,21,22,23). The molecule has 0 saturated carbocycles. The first-order chi connectivity index (χ1) is 15.2. The highest BCUT2D eigenvalue weighted by Crippen LogP contribution is 2.27. The second kappa shape index (κ2) is 9.79. The molecular formula is C19H27N9O2S2. The van der Waals surface area contributed by atoms with Gasteiger partial charge in [-0.15, -0.1) is 10.2 Å². The Hall–Kier alpha value is -2.77. The van der Waals surface area contributed by atoms with Gasteiger partial charge in [0.15, 0.2) is 11.0 Å². The molecule has 0 unspecified atom stereocenters. The monoisotopic (exact) mass is 477 g/mol. The van der Waals surface area contributed by atoms with E-state index in [1.165, 1.54) is 16.1 Å². The van der Waals surface area contributed by atoms with Crippen molar-refractivity contribution in [1.82, 2.24) is 34.0 Å². The van der Waals surface area contributed by atoms with E-state index in [1.807, 2.05) is 45.6 Å². The Bertz CT molecular complexity index is 1190. The van der Waals surface area contributed by atoms with Crippen molar-refractivity contribution >= 4 is 33.7 Å². The fourth-order valence-electron chi connectivity index (χ4n) is 3.02. The molecule has 2 heterocycles. The molecule has 2 N–H and O–H groups in total. The van der Waals surface area contributed by atoms with E-state index in [0.717, 1.165) is 0 Å². The maximum Gasteiger partial charge on any atom is 0.243 e. The average Bonchev–Trinajstić information content (AvgIpc) is 3.13. The van der Waals surface area contributed by atoms with Gasteiger partial charge in [0, 0.05) is 39.8 Å². The normalized spacial score (nSPS) is 11.8. The van der Waals surface area contributed by atoms with Crippen molar-refractivity contribution in [3.63, 3.8) is 0 Å². The Morgan fingerprint density at radius 3 is 2.47 bits per heavy atom. The number of sulfonamides is 1. The summed E-state index contributed by atoms with van der Waals surface area (Å²) in [7, 11) is 1.92. The minimum Gasteiger partial charge on any atom is -0.368 e. The Labute approximate surface area is 192 Å². The van der Waals surface area contributed by atoms with E-state index in [1.54, 1.807) is 23.1 Å². The number of thioether (sulfide) groups is 1. The fourth-order valence-corrected chi connectivity index (χ4v) is 5.29. The smallest absolute Gasteiger partial charge is 0.243 e. The van der Waals surface area contributed by atoms with Crippen LogP contribution in [0, 0.1) is 0 Å². The summed E-state index contributed by atoms with van der Waals surface area (Å²) in [6.45, 7) is 4.45. The van der Waals surface area contributed by atoms with Gasteiger partial charge in [-0.3, -0.25) is 0 Å². The zero-order valence-corrected chi connectivity index (χ0v) is 20.4. The molecule has 11 nitrogen and oxygen atoms in total. The predicted octanol–water partition coefficient (Wildman–Crippen LogP) is 1.64. The van der Waals surface area contributed by atoms with Crippen molar-refractivity contribution in [2.45, 2.75) is 29.7 Å². The molecular weight excluding hydrogens is 450 g/mol. The first-order valence-electron chi connectivity index (χ1n) is 9.97. The Morgan fingerprint density at radius 1 is 1.09 bits per heavy atom. The van der Waals surface area contributed by atoms with Crippen LogP contribution in [0.3, 0.4) is 0 Å². The molecule has 0 bridgehead atoms. The molecule has 0 atom stereocenters. The van der Waals surface area contributed by atoms with Crippen LogP contribution in [-0.4, -0.2) is 69.6 Å². The molecule has 32 heavy (non-hydrogen) atoms. The van der Waals surface area contributed by atoms with Crippen LogP contribution in [0.15, 0.2) is 34.3 Å². The molecule has 0 amide bonds. The van der Waals surface area contributed by atoms with Gasteiger partial charge in [0.05, 0.1) is 10.6 Å². The summed E-state index contributed by atoms with van der Waals surface area (Å²) < 4.78 is 29.0. The lowest BCUT2D eigenvalue weighted by Crippen LogP contribution is -2.30. The third-order valence-corrected chi connectivity index (χ3v) is 7.75. The third-order valence-electron chi connectivity index (χ3n) is 4.69. The molecule has 0 aliphatic rings. The number of nitrogens with zero attached hydrogens (tertiary/aromatic N) is 8. The van der Waals surface area contributed by atoms with Gasteiger partial charge in [-0.05, 0) is 12.1 Å². The highest BCUT2D eigenvalue weighted by atomic mass is 32.2. The van der Waals surface area contributed by atoms with Crippen molar-refractivity contribution in [3.05, 3.63) is 30.1 Å². The van der Waals surface area contributed by atoms with E-state index in [2.05, 4.69) is 25.1 Å². The largest absolute Gasteiger partial charge is 0.368 e. The molecule has 3 rings (SSSR count). The number of aromatic nitrogens is 6. The van der Waals surface area contributed by atoms with Crippen LogP contribution in [0.1, 0.15) is 19.7 Å². The number of anilines is 2. The molecule has 0 fully saturated rings. The number of nitrogen functional groups attached to an aromatic ring is 1. The van der Waals surface area contributed by atoms with E-state index in [9.17, 15) is 8.42 Å². The van der Waals surface area contributed by atoms with Gasteiger partial charge in [-0.1, -0.05) is 37.7 Å². The van der Waals surface area contributed by atoms with Crippen LogP contribution in [0.2, 0.25) is 0 Å². The maximum atomic E-state index is 12.9. The number of hydrogen-bond donors (Lipinski definition) is 1. The molecule has 3 aromatic rings. The van der Waals surface area contributed by atoms with E-state index in [0.29, 0.717) is 47.2 Å². The minimum atomic E-state index is -3.57. The Balaban J connectivity index is 1.84. The van der Waals surface area contributed by atoms with Crippen LogP contribution >= 0.6 is 11.8 Å². The molecule has 0 aliphatic carbocycles. The van der Waals surface area contributed by atoms with Crippen LogP contribution in [0.5, 0.6) is 0 Å². The summed E-state index contributed by atoms with van der Waals surface area (Å²) >= 11 is 1.40. The molecule has 0 aliphatic heterocycles. The SMILES string of the molecule is CCN(CC)S(=O)(=O)c1cccc(-c2nnc(SCc3nc(N)nc(N(C)C)n3)n2C)c1.